The fraction of sp³-hybridized carbons (Fsp3) is 0.500. The molecule has 142 valence electrons. The Labute approximate surface area is 152 Å². The second-order valence-electron chi connectivity index (χ2n) is 7.03. The van der Waals surface area contributed by atoms with Gasteiger partial charge in [0.1, 0.15) is 11.6 Å². The predicted octanol–water partition coefficient (Wildman–Crippen LogP) is 0.823. The second-order valence-corrected chi connectivity index (χ2v) is 7.03. The summed E-state index contributed by atoms with van der Waals surface area (Å²) in [7, 11) is 1.27. The highest BCUT2D eigenvalue weighted by Gasteiger charge is 2.43. The van der Waals surface area contributed by atoms with Crippen LogP contribution in [-0.2, 0) is 14.3 Å². The van der Waals surface area contributed by atoms with Crippen LogP contribution in [0.25, 0.3) is 0 Å². The molecule has 26 heavy (non-hydrogen) atoms. The largest absolute Gasteiger partial charge is 0.468 e. The molecule has 3 atom stereocenters. The first-order valence-corrected chi connectivity index (χ1v) is 8.38. The van der Waals surface area contributed by atoms with E-state index in [4.69, 9.17) is 9.47 Å². The minimum absolute atomic E-state index is 0.293. The van der Waals surface area contributed by atoms with Crippen LogP contribution in [-0.4, -0.2) is 55.4 Å². The Morgan fingerprint density at radius 2 is 1.77 bits per heavy atom. The monoisotopic (exact) mass is 363 g/mol. The van der Waals surface area contributed by atoms with Crippen LogP contribution in [0.5, 0.6) is 0 Å². The van der Waals surface area contributed by atoms with E-state index in [-0.39, 0.29) is 5.91 Å². The Hall–Kier alpha value is -2.61. The summed E-state index contributed by atoms with van der Waals surface area (Å²) in [5.74, 6) is -0.818. The van der Waals surface area contributed by atoms with Crippen molar-refractivity contribution in [1.29, 1.82) is 0 Å². The van der Waals surface area contributed by atoms with E-state index >= 15 is 0 Å². The van der Waals surface area contributed by atoms with Gasteiger partial charge in [-0.3, -0.25) is 9.59 Å². The van der Waals surface area contributed by atoms with Crippen molar-refractivity contribution in [2.24, 2.45) is 0 Å². The Morgan fingerprint density at radius 1 is 1.12 bits per heavy atom. The van der Waals surface area contributed by atoms with E-state index in [1.54, 1.807) is 45.0 Å². The maximum absolute atomic E-state index is 12.4. The van der Waals surface area contributed by atoms with E-state index in [1.165, 1.54) is 7.11 Å². The molecule has 8 heteroatoms. The van der Waals surface area contributed by atoms with Crippen molar-refractivity contribution < 1.29 is 23.9 Å². The van der Waals surface area contributed by atoms with E-state index < -0.39 is 35.8 Å². The number of esters is 1. The molecule has 0 aromatic heterocycles. The average Bonchev–Trinajstić information content (AvgIpc) is 2.95. The van der Waals surface area contributed by atoms with Gasteiger partial charge in [-0.1, -0.05) is 18.2 Å². The first kappa shape index (κ1) is 19.7. The number of benzene rings is 1. The Kier molecular flexibility index (Phi) is 6.20. The highest BCUT2D eigenvalue weighted by atomic mass is 16.6. The maximum atomic E-state index is 12.4. The molecule has 1 aromatic rings. The number of amides is 2. The first-order chi connectivity index (χ1) is 12.2. The molecule has 1 aromatic carbocycles. The molecule has 3 N–H and O–H groups in total. The zero-order chi connectivity index (χ0) is 19.3. The van der Waals surface area contributed by atoms with E-state index in [0.717, 1.165) is 0 Å². The van der Waals surface area contributed by atoms with Crippen LogP contribution in [0.4, 0.5) is 4.79 Å². The summed E-state index contributed by atoms with van der Waals surface area (Å²) in [6.07, 6.45) is -0.668. The second kappa shape index (κ2) is 8.18. The minimum Gasteiger partial charge on any atom is -0.468 e. The average molecular weight is 363 g/mol. The lowest BCUT2D eigenvalue weighted by Crippen LogP contribution is -2.56. The van der Waals surface area contributed by atoms with Crippen molar-refractivity contribution in [1.82, 2.24) is 16.0 Å². The SMILES string of the molecule is COC(=O)[C@H]1NC[C@@H](NC(=O)c2ccccc2)[C@H]1NC(=O)OC(C)(C)C. The summed E-state index contributed by atoms with van der Waals surface area (Å²) in [6.45, 7) is 5.53. The number of nitrogens with one attached hydrogen (secondary N) is 3. The molecule has 0 radical (unpaired) electrons. The molecule has 1 aliphatic rings. The number of hydrogen-bond donors (Lipinski definition) is 3. The zero-order valence-electron chi connectivity index (χ0n) is 15.4. The standard InChI is InChI=1S/C18H25N3O5/c1-18(2,3)26-17(24)21-13-12(10-19-14(13)16(23)25-4)20-15(22)11-8-6-5-7-9-11/h5-9,12-14,19H,10H2,1-4H3,(H,20,22)(H,21,24)/t12-,13-,14+/m1/s1. The minimum atomic E-state index is -0.784. The van der Waals surface area contributed by atoms with Crippen molar-refractivity contribution in [2.45, 2.75) is 44.5 Å². The lowest BCUT2D eigenvalue weighted by Gasteiger charge is -2.27. The molecule has 0 saturated carbocycles. The van der Waals surface area contributed by atoms with Gasteiger partial charge >= 0.3 is 12.1 Å². The summed E-state index contributed by atoms with van der Waals surface area (Å²) in [4.78, 5) is 36.6. The van der Waals surface area contributed by atoms with Gasteiger partial charge in [0.05, 0.1) is 19.2 Å². The smallest absolute Gasteiger partial charge is 0.408 e. The number of methoxy groups -OCH3 is 1. The zero-order valence-corrected chi connectivity index (χ0v) is 15.4. The van der Waals surface area contributed by atoms with Crippen LogP contribution in [0, 0.1) is 0 Å². The van der Waals surface area contributed by atoms with Gasteiger partial charge in [0.15, 0.2) is 0 Å². The highest BCUT2D eigenvalue weighted by molar-refractivity contribution is 5.94. The molecule has 2 amide bonds. The molecule has 1 heterocycles. The molecular formula is C18H25N3O5. The van der Waals surface area contributed by atoms with Crippen LogP contribution >= 0.6 is 0 Å². The third kappa shape index (κ3) is 5.19. The van der Waals surface area contributed by atoms with Gasteiger partial charge in [-0.05, 0) is 32.9 Å². The number of carbonyl (C=O) groups is 3. The molecule has 0 unspecified atom stereocenters. The fourth-order valence-corrected chi connectivity index (χ4v) is 2.71. The molecule has 1 fully saturated rings. The van der Waals surface area contributed by atoms with Gasteiger partial charge < -0.3 is 25.4 Å². The third-order valence-corrected chi connectivity index (χ3v) is 3.84. The molecule has 0 spiro atoms. The molecular weight excluding hydrogens is 338 g/mol. The normalized spacial score (nSPS) is 22.4. The van der Waals surface area contributed by atoms with Crippen molar-refractivity contribution in [3.05, 3.63) is 35.9 Å². The Bertz CT molecular complexity index is 657. The van der Waals surface area contributed by atoms with Gasteiger partial charge in [-0.2, -0.15) is 0 Å². The third-order valence-electron chi connectivity index (χ3n) is 3.84. The lowest BCUT2D eigenvalue weighted by molar-refractivity contribution is -0.143. The van der Waals surface area contributed by atoms with Crippen LogP contribution in [0.3, 0.4) is 0 Å². The number of carbonyl (C=O) groups excluding carboxylic acids is 3. The molecule has 0 aliphatic carbocycles. The molecule has 1 saturated heterocycles. The Balaban J connectivity index is 2.11. The van der Waals surface area contributed by atoms with Gasteiger partial charge in [-0.15, -0.1) is 0 Å². The summed E-state index contributed by atoms with van der Waals surface area (Å²) < 4.78 is 10.0. The topological polar surface area (TPSA) is 106 Å². The highest BCUT2D eigenvalue weighted by Crippen LogP contribution is 2.13. The Morgan fingerprint density at radius 3 is 2.35 bits per heavy atom. The van der Waals surface area contributed by atoms with Gasteiger partial charge in [0, 0.05) is 12.1 Å². The van der Waals surface area contributed by atoms with Crippen molar-refractivity contribution >= 4 is 18.0 Å². The maximum Gasteiger partial charge on any atom is 0.408 e. The fourth-order valence-electron chi connectivity index (χ4n) is 2.71. The summed E-state index contributed by atoms with van der Waals surface area (Å²) >= 11 is 0. The van der Waals surface area contributed by atoms with Crippen LogP contribution in [0.1, 0.15) is 31.1 Å². The lowest BCUT2D eigenvalue weighted by atomic mass is 10.0. The summed E-state index contributed by atoms with van der Waals surface area (Å²) in [5.41, 5.74) is -0.190. The molecule has 1 aliphatic heterocycles. The number of rotatable bonds is 4. The van der Waals surface area contributed by atoms with E-state index in [9.17, 15) is 14.4 Å². The van der Waals surface area contributed by atoms with Crippen molar-refractivity contribution in [2.75, 3.05) is 13.7 Å². The van der Waals surface area contributed by atoms with Crippen molar-refractivity contribution in [3.8, 4) is 0 Å². The number of alkyl carbamates (subject to hydrolysis) is 1. The number of ether oxygens (including phenoxy) is 2. The van der Waals surface area contributed by atoms with E-state index in [1.807, 2.05) is 6.07 Å². The van der Waals surface area contributed by atoms with Gasteiger partial charge in [0.25, 0.3) is 5.91 Å². The van der Waals surface area contributed by atoms with E-state index in [0.29, 0.717) is 12.1 Å². The summed E-state index contributed by atoms with van der Waals surface area (Å²) in [5, 5.41) is 8.48. The van der Waals surface area contributed by atoms with Crippen LogP contribution in [0.15, 0.2) is 30.3 Å². The predicted molar refractivity (Wildman–Crippen MR) is 94.7 cm³/mol. The molecule has 8 nitrogen and oxygen atoms in total. The van der Waals surface area contributed by atoms with E-state index in [2.05, 4.69) is 16.0 Å². The van der Waals surface area contributed by atoms with Crippen LogP contribution < -0.4 is 16.0 Å². The first-order valence-electron chi connectivity index (χ1n) is 8.38. The molecule has 2 rings (SSSR count). The van der Waals surface area contributed by atoms with Gasteiger partial charge in [-0.25, -0.2) is 4.79 Å². The quantitative estimate of drug-likeness (QED) is 0.684. The van der Waals surface area contributed by atoms with Gasteiger partial charge in [0.2, 0.25) is 0 Å². The van der Waals surface area contributed by atoms with Crippen molar-refractivity contribution in [3.63, 3.8) is 0 Å². The number of hydrogen-bond acceptors (Lipinski definition) is 6. The van der Waals surface area contributed by atoms with Crippen LogP contribution in [0.2, 0.25) is 0 Å². The molecule has 0 bridgehead atoms. The summed E-state index contributed by atoms with van der Waals surface area (Å²) in [6, 6.07) is 6.72.